The van der Waals surface area contributed by atoms with Gasteiger partial charge in [0.25, 0.3) is 0 Å². The van der Waals surface area contributed by atoms with Crippen LogP contribution in [0, 0.1) is 11.8 Å². The topological polar surface area (TPSA) is 288 Å². The highest BCUT2D eigenvalue weighted by Crippen LogP contribution is 2.38. The molecular weight excluding hydrogens is 545 g/mol. The second kappa shape index (κ2) is 12.5. The van der Waals surface area contributed by atoms with Crippen LogP contribution < -0.4 is 22.5 Å². The van der Waals surface area contributed by atoms with E-state index in [0.717, 1.165) is 10.8 Å². The minimum absolute atomic E-state index is 0.00322. The number of aliphatic carboxylic acids is 1. The number of hydrogen-bond acceptors (Lipinski definition) is 12. The Hall–Kier alpha value is -3.66. The standard InChI is InChI=1S/C20H26N7O11P/c21-12(19(31)32)4-11-6-26(9-24-11)7-14(28)23-3-1-2-10-5-27(20(33)25-17(10)22)18-16(30)15(29)13(38-18)8-37-39(34,35)36/h5-6,9,12-13,15-16,18,29-30H,3-4,7-8,21H2,(H,23,28)(H,31,32)(H2,22,25,33)(H2,34,35,36)/t12-,13+,15+,16+,18+/m0/s1. The van der Waals surface area contributed by atoms with Gasteiger partial charge in [-0.3, -0.25) is 18.7 Å². The van der Waals surface area contributed by atoms with Gasteiger partial charge in [-0.2, -0.15) is 4.98 Å². The summed E-state index contributed by atoms with van der Waals surface area (Å²) in [6.45, 7) is -1.03. The predicted molar refractivity (Wildman–Crippen MR) is 128 cm³/mol. The fourth-order valence-corrected chi connectivity index (χ4v) is 3.78. The largest absolute Gasteiger partial charge is 0.480 e. The van der Waals surface area contributed by atoms with Crippen LogP contribution in [0.15, 0.2) is 23.5 Å². The minimum atomic E-state index is -4.88. The predicted octanol–water partition coefficient (Wildman–Crippen LogP) is -4.13. The van der Waals surface area contributed by atoms with Crippen LogP contribution in [-0.2, 0) is 36.4 Å². The summed E-state index contributed by atoms with van der Waals surface area (Å²) >= 11 is 0. The highest BCUT2D eigenvalue weighted by atomic mass is 31.2. The van der Waals surface area contributed by atoms with E-state index in [9.17, 15) is 29.2 Å². The van der Waals surface area contributed by atoms with E-state index in [1.54, 1.807) is 0 Å². The number of carboxylic acid groups (broad SMARTS) is 1. The number of amides is 1. The number of nitrogen functional groups attached to an aromatic ring is 1. The van der Waals surface area contributed by atoms with E-state index in [-0.39, 0.29) is 30.9 Å². The molecule has 1 aliphatic heterocycles. The van der Waals surface area contributed by atoms with Crippen molar-refractivity contribution in [3.63, 3.8) is 0 Å². The molecule has 0 aliphatic carbocycles. The van der Waals surface area contributed by atoms with Crippen LogP contribution in [0.25, 0.3) is 0 Å². The Bertz CT molecular complexity index is 1380. The number of aliphatic hydroxyl groups is 2. The zero-order chi connectivity index (χ0) is 28.9. The van der Waals surface area contributed by atoms with Gasteiger partial charge in [-0.05, 0) is 0 Å². The number of aromatic nitrogens is 4. The van der Waals surface area contributed by atoms with E-state index in [2.05, 4.69) is 31.6 Å². The van der Waals surface area contributed by atoms with Crippen molar-refractivity contribution in [2.75, 3.05) is 18.9 Å². The molecule has 5 atom stereocenters. The van der Waals surface area contributed by atoms with Crippen molar-refractivity contribution in [3.8, 4) is 11.8 Å². The van der Waals surface area contributed by atoms with E-state index < -0.39 is 62.6 Å². The number of carboxylic acids is 1. The lowest BCUT2D eigenvalue weighted by molar-refractivity contribution is -0.138. The Morgan fingerprint density at radius 3 is 2.67 bits per heavy atom. The number of hydrogen-bond donors (Lipinski definition) is 8. The number of nitrogens with zero attached hydrogens (tertiary/aromatic N) is 4. The second-order valence-corrected chi connectivity index (χ2v) is 9.57. The van der Waals surface area contributed by atoms with E-state index in [4.69, 9.17) is 31.1 Å². The number of nitrogens with one attached hydrogen (secondary N) is 1. The van der Waals surface area contributed by atoms with Crippen molar-refractivity contribution in [1.29, 1.82) is 0 Å². The fraction of sp³-hybridized carbons (Fsp3) is 0.450. The molecule has 0 spiro atoms. The molecule has 0 aromatic carbocycles. The average Bonchev–Trinajstić information content (AvgIpc) is 3.39. The number of aliphatic hydroxyl groups excluding tert-OH is 2. The highest BCUT2D eigenvalue weighted by Gasteiger charge is 2.45. The monoisotopic (exact) mass is 571 g/mol. The minimum Gasteiger partial charge on any atom is -0.480 e. The van der Waals surface area contributed by atoms with Gasteiger partial charge in [-0.1, -0.05) is 11.8 Å². The number of imidazole rings is 1. The Kier molecular flexibility index (Phi) is 9.55. The summed E-state index contributed by atoms with van der Waals surface area (Å²) in [6, 6.07) is -1.12. The molecule has 2 aromatic heterocycles. The quantitative estimate of drug-likeness (QED) is 0.0992. The Morgan fingerprint density at radius 1 is 1.28 bits per heavy atom. The molecule has 2 aromatic rings. The molecular formula is C20H26N7O11P. The first-order chi connectivity index (χ1) is 18.2. The second-order valence-electron chi connectivity index (χ2n) is 8.33. The van der Waals surface area contributed by atoms with Crippen molar-refractivity contribution < 1.29 is 48.5 Å². The summed E-state index contributed by atoms with van der Waals surface area (Å²) in [6.07, 6.45) is -2.23. The van der Waals surface area contributed by atoms with Crippen LogP contribution in [0.5, 0.6) is 0 Å². The number of rotatable bonds is 10. The van der Waals surface area contributed by atoms with Gasteiger partial charge in [0.05, 0.1) is 30.7 Å². The Morgan fingerprint density at radius 2 is 2.00 bits per heavy atom. The van der Waals surface area contributed by atoms with Crippen LogP contribution in [-0.4, -0.2) is 93.6 Å². The van der Waals surface area contributed by atoms with Crippen LogP contribution in [0.3, 0.4) is 0 Å². The van der Waals surface area contributed by atoms with Gasteiger partial charge in [-0.25, -0.2) is 14.3 Å². The van der Waals surface area contributed by atoms with Crippen molar-refractivity contribution in [1.82, 2.24) is 24.4 Å². The fourth-order valence-electron chi connectivity index (χ4n) is 3.44. The summed E-state index contributed by atoms with van der Waals surface area (Å²) < 4.78 is 22.8. The number of phosphoric acid groups is 1. The first kappa shape index (κ1) is 29.9. The molecule has 19 heteroatoms. The molecule has 0 bridgehead atoms. The van der Waals surface area contributed by atoms with Gasteiger partial charge >= 0.3 is 19.5 Å². The number of nitrogens with two attached hydrogens (primary N) is 2. The van der Waals surface area contributed by atoms with E-state index in [1.807, 2.05) is 0 Å². The molecule has 1 aliphatic rings. The van der Waals surface area contributed by atoms with Crippen LogP contribution in [0.1, 0.15) is 17.5 Å². The smallest absolute Gasteiger partial charge is 0.469 e. The van der Waals surface area contributed by atoms with Gasteiger partial charge in [0.2, 0.25) is 5.91 Å². The molecule has 0 unspecified atom stereocenters. The third-order valence-corrected chi connectivity index (χ3v) is 5.84. The summed E-state index contributed by atoms with van der Waals surface area (Å²) in [5.74, 6) is 3.37. The molecule has 18 nitrogen and oxygen atoms in total. The van der Waals surface area contributed by atoms with Gasteiger partial charge in [0, 0.05) is 18.8 Å². The van der Waals surface area contributed by atoms with Crippen LogP contribution in [0.2, 0.25) is 0 Å². The first-order valence-electron chi connectivity index (χ1n) is 11.1. The van der Waals surface area contributed by atoms with Gasteiger partial charge in [0.15, 0.2) is 6.23 Å². The normalized spacial score (nSPS) is 21.7. The lowest BCUT2D eigenvalue weighted by atomic mass is 10.1. The van der Waals surface area contributed by atoms with Crippen LogP contribution >= 0.6 is 7.82 Å². The molecule has 39 heavy (non-hydrogen) atoms. The van der Waals surface area contributed by atoms with Crippen molar-refractivity contribution in [3.05, 3.63) is 40.5 Å². The number of carbonyl (C=O) groups excluding carboxylic acids is 1. The maximum atomic E-state index is 12.3. The third kappa shape index (κ3) is 8.16. The van der Waals surface area contributed by atoms with E-state index in [0.29, 0.717) is 5.69 Å². The molecule has 212 valence electrons. The van der Waals surface area contributed by atoms with Crippen LogP contribution in [0.4, 0.5) is 5.82 Å². The zero-order valence-electron chi connectivity index (χ0n) is 20.0. The Labute approximate surface area is 219 Å². The molecule has 1 fully saturated rings. The first-order valence-corrected chi connectivity index (χ1v) is 12.6. The highest BCUT2D eigenvalue weighted by molar-refractivity contribution is 7.46. The third-order valence-electron chi connectivity index (χ3n) is 5.36. The summed E-state index contributed by atoms with van der Waals surface area (Å²) in [5.41, 5.74) is 10.7. The number of phosphoric ester groups is 1. The number of anilines is 1. The maximum Gasteiger partial charge on any atom is 0.469 e. The number of ether oxygens (including phenoxy) is 1. The Balaban J connectivity index is 1.61. The summed E-state index contributed by atoms with van der Waals surface area (Å²) in [4.78, 5) is 60.6. The zero-order valence-corrected chi connectivity index (χ0v) is 20.9. The van der Waals surface area contributed by atoms with Gasteiger partial charge in [-0.15, -0.1) is 0 Å². The number of carbonyl (C=O) groups is 2. The lowest BCUT2D eigenvalue weighted by Gasteiger charge is -2.17. The van der Waals surface area contributed by atoms with Crippen molar-refractivity contribution in [2.24, 2.45) is 5.73 Å². The lowest BCUT2D eigenvalue weighted by Crippen LogP contribution is -2.36. The molecule has 3 rings (SSSR count). The maximum absolute atomic E-state index is 12.3. The van der Waals surface area contributed by atoms with Gasteiger partial charge < -0.3 is 51.2 Å². The average molecular weight is 571 g/mol. The summed E-state index contributed by atoms with van der Waals surface area (Å²) in [7, 11) is -4.88. The molecule has 1 saturated heterocycles. The van der Waals surface area contributed by atoms with E-state index in [1.165, 1.54) is 17.1 Å². The van der Waals surface area contributed by atoms with Gasteiger partial charge in [0.1, 0.15) is 36.7 Å². The molecule has 3 heterocycles. The summed E-state index contributed by atoms with van der Waals surface area (Å²) in [5, 5.41) is 31.8. The molecule has 1 amide bonds. The molecule has 0 saturated carbocycles. The molecule has 10 N–H and O–H groups in total. The van der Waals surface area contributed by atoms with E-state index >= 15 is 0 Å². The van der Waals surface area contributed by atoms with Crippen molar-refractivity contribution >= 4 is 25.5 Å². The SMILES string of the molecule is Nc1nc(=O)n([C@@H]2O[C@H](COP(=O)(O)O)[C@@H](O)[C@H]2O)cc1C#CCNC(=O)Cn1cnc(C[C@H](N)C(=O)O)c1. The van der Waals surface area contributed by atoms with Crippen molar-refractivity contribution in [2.45, 2.75) is 43.5 Å². The molecule has 0 radical (unpaired) electrons.